The number of aromatic nitrogens is 9. The van der Waals surface area contributed by atoms with Crippen molar-refractivity contribution < 1.29 is 158 Å². The third-order valence-corrected chi connectivity index (χ3v) is 17.6. The number of hydrogen-bond acceptors (Lipinski definition) is 42. The molecule has 0 saturated carbocycles. The van der Waals surface area contributed by atoms with Gasteiger partial charge in [0.1, 0.15) is 39.6 Å². The molecule has 0 aliphatic heterocycles. The van der Waals surface area contributed by atoms with E-state index in [0.717, 1.165) is 36.5 Å². The molecule has 3 heterocycles. The SMILES string of the molecule is C=C.C=C.C=C.C=CC(=O)OCCCCCC(=O)OCCn1c(=O)n(CCOC(=O)CCCCCOC(=O)C=C)c(=O)n(OC(=O)C(=O)C=C)c1=O.C=CC(=O)OCCCCCC(=O)OCCn1c(=O)n(CCOC(=O)CCCCCOC(=O)C=C)c(=O)n(OC(=O)C(=O)C=C)c1=O.C=CC(=O)OCCCCCC(=O)OCCn1c(=O)n(CCOC(=O)CCCCCOC(=O)C=C)c(=O)n(OC(=O)C(=O)C=C)c1=O. The average Bonchev–Trinajstić information content (AvgIpc) is 0.791. The number of ketones is 3. The highest BCUT2D eigenvalue weighted by Crippen LogP contribution is 2.09. The molecular formula is C93H123N9O42. The summed E-state index contributed by atoms with van der Waals surface area (Å²) in [6, 6.07) is 0. The summed E-state index contributed by atoms with van der Waals surface area (Å²) in [5.74, 6) is -16.0. The van der Waals surface area contributed by atoms with Crippen molar-refractivity contribution in [3.63, 3.8) is 0 Å². The Morgan fingerprint density at radius 3 is 0.444 bits per heavy atom. The minimum absolute atomic E-state index is 0.0105. The summed E-state index contributed by atoms with van der Waals surface area (Å²) in [6.45, 7) is 41.6. The van der Waals surface area contributed by atoms with Crippen LogP contribution in [-0.2, 0) is 182 Å². The number of rotatable bonds is 69. The maximum Gasteiger partial charge on any atom is 0.403 e. The molecule has 0 radical (unpaired) electrons. The van der Waals surface area contributed by atoms with Crippen molar-refractivity contribution in [3.8, 4) is 0 Å². The van der Waals surface area contributed by atoms with Crippen LogP contribution in [-0.4, -0.2) is 228 Å². The highest BCUT2D eigenvalue weighted by molar-refractivity contribution is 6.39. The highest BCUT2D eigenvalue weighted by atomic mass is 16.7. The molecule has 3 aromatic rings. The van der Waals surface area contributed by atoms with Crippen molar-refractivity contribution in [1.82, 2.24) is 41.6 Å². The summed E-state index contributed by atoms with van der Waals surface area (Å²) < 4.78 is 61.5. The second-order valence-electron chi connectivity index (χ2n) is 27.6. The Labute approximate surface area is 823 Å². The maximum absolute atomic E-state index is 13.0. The molecule has 0 amide bonds. The van der Waals surface area contributed by atoms with Gasteiger partial charge in [-0.15, -0.1) is 39.5 Å². The molecule has 0 N–H and O–H groups in total. The first-order chi connectivity index (χ1) is 68.9. The monoisotopic (exact) mass is 2040 g/mol. The van der Waals surface area contributed by atoms with Gasteiger partial charge in [-0.2, -0.15) is 0 Å². The minimum atomic E-state index is -1.64. The van der Waals surface area contributed by atoms with Crippen molar-refractivity contribution >= 4 is 107 Å². The van der Waals surface area contributed by atoms with Crippen LogP contribution in [0.15, 0.2) is 197 Å². The summed E-state index contributed by atoms with van der Waals surface area (Å²) >= 11 is 0. The number of nitrogens with zero attached hydrogens (tertiary/aromatic N) is 9. The first-order valence-corrected chi connectivity index (χ1v) is 44.2. The Bertz CT molecular complexity index is 4710. The highest BCUT2D eigenvalue weighted by Gasteiger charge is 2.27. The smallest absolute Gasteiger partial charge is 0.403 e. The molecule has 0 unspecified atom stereocenters. The molecule has 792 valence electrons. The third kappa shape index (κ3) is 55.1. The molecule has 0 atom stereocenters. The zero-order valence-electron chi connectivity index (χ0n) is 80.2. The summed E-state index contributed by atoms with van der Waals surface area (Å²) in [7, 11) is 0. The first kappa shape index (κ1) is 131. The number of hydrogen-bond donors (Lipinski definition) is 0. The van der Waals surface area contributed by atoms with Gasteiger partial charge in [-0.3, -0.25) is 43.2 Å². The molecule has 0 aliphatic rings. The fraction of sp³-hybridized carbons (Fsp3) is 0.452. The normalized spacial score (nSPS) is 9.92. The Kier molecular flexibility index (Phi) is 73.0. The molecule has 51 heteroatoms. The van der Waals surface area contributed by atoms with E-state index >= 15 is 0 Å². The van der Waals surface area contributed by atoms with Gasteiger partial charge in [0.15, 0.2) is 0 Å². The second-order valence-corrected chi connectivity index (χ2v) is 27.6. The van der Waals surface area contributed by atoms with Crippen LogP contribution < -0.4 is 65.7 Å². The summed E-state index contributed by atoms with van der Waals surface area (Å²) in [5, 5.41) is 0. The quantitative estimate of drug-likeness (QED) is 0.0190. The molecule has 0 saturated heterocycles. The van der Waals surface area contributed by atoms with Gasteiger partial charge >= 0.3 is 141 Å². The minimum Gasteiger partial charge on any atom is -0.464 e. The van der Waals surface area contributed by atoms with Gasteiger partial charge in [0.2, 0.25) is 0 Å². The van der Waals surface area contributed by atoms with Crippen LogP contribution in [0.1, 0.15) is 154 Å². The van der Waals surface area contributed by atoms with Gasteiger partial charge in [-0.05, 0) is 134 Å². The van der Waals surface area contributed by atoms with Crippen molar-refractivity contribution in [3.05, 3.63) is 248 Å². The van der Waals surface area contributed by atoms with Gasteiger partial charge < -0.3 is 71.4 Å². The van der Waals surface area contributed by atoms with E-state index in [2.05, 4.69) is 113 Å². The van der Waals surface area contributed by atoms with Crippen molar-refractivity contribution in [2.75, 3.05) is 79.3 Å². The number of ether oxygens (including phenoxy) is 12. The molecular weight excluding hydrogens is 1920 g/mol. The van der Waals surface area contributed by atoms with Crippen LogP contribution in [0.2, 0.25) is 0 Å². The van der Waals surface area contributed by atoms with E-state index in [4.69, 9.17) is 56.8 Å². The summed E-state index contributed by atoms with van der Waals surface area (Å²) in [5.41, 5.74) is -12.2. The summed E-state index contributed by atoms with van der Waals surface area (Å²) in [4.78, 5) is 339. The fourth-order valence-electron chi connectivity index (χ4n) is 10.5. The standard InChI is InChI=1S/3C29H37N3O14.3C2H4/c3*1-4-21(33)26(38)46-32-28(40)30(15-19-44-24(36)13-9-7-11-17-42-22(34)5-2)27(39)31(29(32)41)16-20-45-25(37)14-10-8-12-18-43-23(35)6-3;3*1-2/h3*4-6H,1-3,7-20H2;3*1-2H2. The predicted octanol–water partition coefficient (Wildman–Crippen LogP) is 1.05. The number of esters is 12. The van der Waals surface area contributed by atoms with Crippen LogP contribution in [0, 0.1) is 0 Å². The van der Waals surface area contributed by atoms with E-state index in [1.54, 1.807) is 0 Å². The molecule has 51 nitrogen and oxygen atoms in total. The van der Waals surface area contributed by atoms with Crippen molar-refractivity contribution in [1.29, 1.82) is 0 Å². The van der Waals surface area contributed by atoms with E-state index < -0.39 is 237 Å². The van der Waals surface area contributed by atoms with E-state index in [0.29, 0.717) is 161 Å². The Morgan fingerprint density at radius 1 is 0.181 bits per heavy atom. The molecule has 3 aromatic heterocycles. The molecule has 0 aliphatic carbocycles. The van der Waals surface area contributed by atoms with Crippen LogP contribution in [0.3, 0.4) is 0 Å². The number of unbranched alkanes of at least 4 members (excludes halogenated alkanes) is 12. The van der Waals surface area contributed by atoms with Crippen molar-refractivity contribution in [2.45, 2.75) is 193 Å². The van der Waals surface area contributed by atoms with Gasteiger partial charge in [-0.25, -0.2) is 114 Å². The van der Waals surface area contributed by atoms with E-state index in [1.807, 2.05) is 0 Å². The Hall–Kier alpha value is -16.8. The van der Waals surface area contributed by atoms with Crippen LogP contribution in [0.4, 0.5) is 0 Å². The van der Waals surface area contributed by atoms with E-state index in [9.17, 15) is 129 Å². The van der Waals surface area contributed by atoms with Crippen LogP contribution in [0.25, 0.3) is 0 Å². The number of carbonyl (C=O) groups is 18. The lowest BCUT2D eigenvalue weighted by Gasteiger charge is -2.13. The van der Waals surface area contributed by atoms with E-state index in [1.165, 1.54) is 0 Å². The lowest BCUT2D eigenvalue weighted by Crippen LogP contribution is -2.58. The van der Waals surface area contributed by atoms with Gasteiger partial charge in [-0.1, -0.05) is 73.4 Å². The van der Waals surface area contributed by atoms with Gasteiger partial charge in [0.05, 0.1) is 78.9 Å². The molecule has 0 bridgehead atoms. The number of carbonyl (C=O) groups excluding carboxylic acids is 18. The lowest BCUT2D eigenvalue weighted by molar-refractivity contribution is -0.153. The Balaban J connectivity index is -0.00000202. The largest absolute Gasteiger partial charge is 0.464 e. The zero-order valence-corrected chi connectivity index (χ0v) is 80.2. The van der Waals surface area contributed by atoms with Gasteiger partial charge in [0.25, 0.3) is 17.3 Å². The average molecular weight is 2040 g/mol. The third-order valence-electron chi connectivity index (χ3n) is 17.6. The molecule has 3 rings (SSSR count). The molecule has 144 heavy (non-hydrogen) atoms. The fourth-order valence-corrected chi connectivity index (χ4v) is 10.5. The first-order valence-electron chi connectivity index (χ1n) is 44.2. The molecule has 0 fully saturated rings. The summed E-state index contributed by atoms with van der Waals surface area (Å²) in [6.07, 6.45) is 16.6. The predicted molar refractivity (Wildman–Crippen MR) is 505 cm³/mol. The van der Waals surface area contributed by atoms with Gasteiger partial charge in [0, 0.05) is 75.0 Å². The van der Waals surface area contributed by atoms with E-state index in [-0.39, 0.29) is 92.4 Å². The zero-order chi connectivity index (χ0) is 109. The topological polar surface area (TPSA) is 644 Å². The Morgan fingerprint density at radius 2 is 0.319 bits per heavy atom. The second kappa shape index (κ2) is 80.0. The van der Waals surface area contributed by atoms with Crippen LogP contribution >= 0.6 is 0 Å². The molecule has 0 spiro atoms. The van der Waals surface area contributed by atoms with Crippen molar-refractivity contribution in [2.24, 2.45) is 0 Å². The molecule has 0 aromatic carbocycles. The van der Waals surface area contributed by atoms with Crippen LogP contribution in [0.5, 0.6) is 0 Å². The lowest BCUT2D eigenvalue weighted by atomic mass is 10.2. The maximum atomic E-state index is 13.0.